The first kappa shape index (κ1) is 12.7. The summed E-state index contributed by atoms with van der Waals surface area (Å²) in [6.07, 6.45) is 6.72. The first-order valence-corrected chi connectivity index (χ1v) is 6.24. The molecule has 0 amide bonds. The fraction of sp³-hybridized carbons (Fsp3) is 0.462. The monoisotopic (exact) mass is 245 g/mol. The number of nitrogens with zero attached hydrogens (tertiary/aromatic N) is 4. The Kier molecular flexibility index (Phi) is 4.04. The molecule has 2 aromatic rings. The molecule has 0 aliphatic rings. The number of aromatic nitrogens is 4. The molecule has 2 heterocycles. The van der Waals surface area contributed by atoms with Crippen LogP contribution in [0.2, 0.25) is 0 Å². The highest BCUT2D eigenvalue weighted by atomic mass is 15.1. The molecule has 0 aromatic carbocycles. The van der Waals surface area contributed by atoms with Gasteiger partial charge in [0, 0.05) is 25.1 Å². The topological polar surface area (TPSA) is 55.6 Å². The molecule has 0 radical (unpaired) electrons. The van der Waals surface area contributed by atoms with Crippen LogP contribution in [0.15, 0.2) is 24.7 Å². The second-order valence-corrected chi connectivity index (χ2v) is 4.23. The van der Waals surface area contributed by atoms with Gasteiger partial charge in [-0.15, -0.1) is 0 Å². The fourth-order valence-electron chi connectivity index (χ4n) is 2.06. The maximum absolute atomic E-state index is 4.47. The van der Waals surface area contributed by atoms with E-state index < -0.39 is 0 Å². The van der Waals surface area contributed by atoms with Crippen LogP contribution in [0.4, 0.5) is 0 Å². The molecule has 18 heavy (non-hydrogen) atoms. The lowest BCUT2D eigenvalue weighted by molar-refractivity contribution is 0.557. The Balaban J connectivity index is 2.36. The molecule has 2 aromatic heterocycles. The zero-order valence-corrected chi connectivity index (χ0v) is 11.1. The molecule has 1 N–H and O–H groups in total. The standard InChI is InChI=1S/C13H19N5/c1-4-8-18-9-7-16-13(18)12(14-3)11-5-6-15-10(2)17-11/h5-7,9,12,14H,4,8H2,1-3H3. The summed E-state index contributed by atoms with van der Waals surface area (Å²) >= 11 is 0. The van der Waals surface area contributed by atoms with E-state index in [9.17, 15) is 0 Å². The minimum Gasteiger partial charge on any atom is -0.333 e. The van der Waals surface area contributed by atoms with Gasteiger partial charge >= 0.3 is 0 Å². The van der Waals surface area contributed by atoms with Gasteiger partial charge in [-0.3, -0.25) is 0 Å². The summed E-state index contributed by atoms with van der Waals surface area (Å²) in [5.41, 5.74) is 0.952. The highest BCUT2D eigenvalue weighted by Crippen LogP contribution is 2.18. The Morgan fingerprint density at radius 1 is 1.33 bits per heavy atom. The second-order valence-electron chi connectivity index (χ2n) is 4.23. The molecule has 0 bridgehead atoms. The molecule has 5 heteroatoms. The molecular weight excluding hydrogens is 226 g/mol. The molecule has 1 atom stereocenters. The van der Waals surface area contributed by atoms with Crippen molar-refractivity contribution in [3.8, 4) is 0 Å². The van der Waals surface area contributed by atoms with Crippen molar-refractivity contribution >= 4 is 0 Å². The molecule has 0 saturated heterocycles. The van der Waals surface area contributed by atoms with E-state index in [0.29, 0.717) is 0 Å². The second kappa shape index (κ2) is 5.73. The predicted molar refractivity (Wildman–Crippen MR) is 70.2 cm³/mol. The third-order valence-electron chi connectivity index (χ3n) is 2.85. The smallest absolute Gasteiger partial charge is 0.132 e. The van der Waals surface area contributed by atoms with E-state index in [-0.39, 0.29) is 6.04 Å². The van der Waals surface area contributed by atoms with E-state index in [4.69, 9.17) is 0 Å². The van der Waals surface area contributed by atoms with Crippen molar-refractivity contribution in [1.29, 1.82) is 0 Å². The lowest BCUT2D eigenvalue weighted by Crippen LogP contribution is -2.23. The third kappa shape index (κ3) is 2.56. The minimum absolute atomic E-state index is 0.00764. The molecule has 0 aliphatic heterocycles. The summed E-state index contributed by atoms with van der Waals surface area (Å²) in [5, 5.41) is 3.27. The summed E-state index contributed by atoms with van der Waals surface area (Å²) in [6, 6.07) is 1.94. The number of rotatable bonds is 5. The molecule has 2 rings (SSSR count). The lowest BCUT2D eigenvalue weighted by atomic mass is 10.2. The van der Waals surface area contributed by atoms with Gasteiger partial charge in [-0.1, -0.05) is 6.92 Å². The van der Waals surface area contributed by atoms with Crippen molar-refractivity contribution in [1.82, 2.24) is 24.8 Å². The van der Waals surface area contributed by atoms with E-state index in [1.165, 1.54) is 0 Å². The molecule has 0 aliphatic carbocycles. The van der Waals surface area contributed by atoms with E-state index in [1.807, 2.05) is 32.4 Å². The van der Waals surface area contributed by atoms with Crippen molar-refractivity contribution in [3.63, 3.8) is 0 Å². The van der Waals surface area contributed by atoms with Crippen molar-refractivity contribution in [3.05, 3.63) is 42.0 Å². The van der Waals surface area contributed by atoms with Crippen molar-refractivity contribution in [2.24, 2.45) is 0 Å². The average Bonchev–Trinajstić information content (AvgIpc) is 2.79. The van der Waals surface area contributed by atoms with Crippen molar-refractivity contribution in [2.45, 2.75) is 32.9 Å². The number of nitrogens with one attached hydrogen (secondary N) is 1. The number of hydrogen-bond donors (Lipinski definition) is 1. The van der Waals surface area contributed by atoms with Gasteiger partial charge in [0.2, 0.25) is 0 Å². The Bertz CT molecular complexity index is 506. The first-order chi connectivity index (χ1) is 8.76. The summed E-state index contributed by atoms with van der Waals surface area (Å²) in [5.74, 6) is 1.78. The zero-order valence-electron chi connectivity index (χ0n) is 11.1. The van der Waals surface area contributed by atoms with Gasteiger partial charge in [-0.25, -0.2) is 15.0 Å². The Morgan fingerprint density at radius 2 is 2.17 bits per heavy atom. The van der Waals surface area contributed by atoms with Crippen LogP contribution in [-0.4, -0.2) is 26.6 Å². The molecule has 96 valence electrons. The van der Waals surface area contributed by atoms with Crippen LogP contribution in [0.3, 0.4) is 0 Å². The lowest BCUT2D eigenvalue weighted by Gasteiger charge is -2.17. The zero-order chi connectivity index (χ0) is 13.0. The van der Waals surface area contributed by atoms with Gasteiger partial charge in [-0.05, 0) is 26.5 Å². The van der Waals surface area contributed by atoms with Crippen LogP contribution in [0, 0.1) is 6.92 Å². The normalized spacial score (nSPS) is 12.6. The summed E-state index contributed by atoms with van der Waals surface area (Å²) in [4.78, 5) is 13.1. The van der Waals surface area contributed by atoms with E-state index in [1.54, 1.807) is 6.20 Å². The third-order valence-corrected chi connectivity index (χ3v) is 2.85. The van der Waals surface area contributed by atoms with E-state index in [2.05, 4.69) is 31.8 Å². The van der Waals surface area contributed by atoms with Crippen LogP contribution in [-0.2, 0) is 6.54 Å². The van der Waals surface area contributed by atoms with Gasteiger partial charge in [0.1, 0.15) is 17.7 Å². The maximum Gasteiger partial charge on any atom is 0.132 e. The van der Waals surface area contributed by atoms with Crippen LogP contribution < -0.4 is 5.32 Å². The molecule has 0 saturated carbocycles. The first-order valence-electron chi connectivity index (χ1n) is 6.24. The Hall–Kier alpha value is -1.75. The quantitative estimate of drug-likeness (QED) is 0.871. The highest BCUT2D eigenvalue weighted by Gasteiger charge is 2.18. The van der Waals surface area contributed by atoms with Gasteiger partial charge in [0.05, 0.1) is 5.69 Å². The van der Waals surface area contributed by atoms with Gasteiger partial charge < -0.3 is 9.88 Å². The number of imidazole rings is 1. The van der Waals surface area contributed by atoms with Crippen LogP contribution in [0.1, 0.15) is 36.7 Å². The van der Waals surface area contributed by atoms with Gasteiger partial charge in [0.25, 0.3) is 0 Å². The number of hydrogen-bond acceptors (Lipinski definition) is 4. The fourth-order valence-corrected chi connectivity index (χ4v) is 2.06. The summed E-state index contributed by atoms with van der Waals surface area (Å²) < 4.78 is 2.17. The minimum atomic E-state index is 0.00764. The molecule has 1 unspecified atom stereocenters. The Labute approximate surface area is 107 Å². The molecule has 0 spiro atoms. The van der Waals surface area contributed by atoms with Crippen LogP contribution >= 0.6 is 0 Å². The van der Waals surface area contributed by atoms with Crippen molar-refractivity contribution < 1.29 is 0 Å². The van der Waals surface area contributed by atoms with Crippen LogP contribution in [0.5, 0.6) is 0 Å². The average molecular weight is 245 g/mol. The largest absolute Gasteiger partial charge is 0.333 e. The predicted octanol–water partition coefficient (Wildman–Crippen LogP) is 1.70. The highest BCUT2D eigenvalue weighted by molar-refractivity contribution is 5.17. The van der Waals surface area contributed by atoms with Crippen molar-refractivity contribution in [2.75, 3.05) is 7.05 Å². The SMILES string of the molecule is CCCn1ccnc1C(NC)c1ccnc(C)n1. The van der Waals surface area contributed by atoms with E-state index >= 15 is 0 Å². The summed E-state index contributed by atoms with van der Waals surface area (Å²) in [7, 11) is 1.92. The number of aryl methyl sites for hydroxylation is 2. The van der Waals surface area contributed by atoms with Crippen LogP contribution in [0.25, 0.3) is 0 Å². The van der Waals surface area contributed by atoms with Gasteiger partial charge in [0.15, 0.2) is 0 Å². The maximum atomic E-state index is 4.47. The van der Waals surface area contributed by atoms with Gasteiger partial charge in [-0.2, -0.15) is 0 Å². The molecular formula is C13H19N5. The van der Waals surface area contributed by atoms with E-state index in [0.717, 1.165) is 30.3 Å². The summed E-state index contributed by atoms with van der Waals surface area (Å²) in [6.45, 7) is 5.03. The molecule has 5 nitrogen and oxygen atoms in total. The molecule has 0 fully saturated rings. The Morgan fingerprint density at radius 3 is 2.83 bits per heavy atom.